The molecular weight excluding hydrogens is 311 g/mol. The van der Waals surface area contributed by atoms with Gasteiger partial charge in [0.1, 0.15) is 6.10 Å². The van der Waals surface area contributed by atoms with E-state index in [-0.39, 0.29) is 31.0 Å². The van der Waals surface area contributed by atoms with Gasteiger partial charge in [-0.25, -0.2) is 9.18 Å². The highest BCUT2D eigenvalue weighted by Gasteiger charge is 2.10. The van der Waals surface area contributed by atoms with Crippen LogP contribution in [0.25, 0.3) is 0 Å². The number of aliphatic hydroxyl groups is 1. The molecule has 2 rings (SSSR count). The van der Waals surface area contributed by atoms with Crippen LogP contribution in [0.3, 0.4) is 0 Å². The minimum absolute atomic E-state index is 0.0764. The van der Waals surface area contributed by atoms with Gasteiger partial charge in [0.25, 0.3) is 0 Å². The van der Waals surface area contributed by atoms with Gasteiger partial charge in [-0.3, -0.25) is 0 Å². The number of ether oxygens (including phenoxy) is 1. The van der Waals surface area contributed by atoms with Crippen LogP contribution in [0, 0.1) is 5.82 Å². The van der Waals surface area contributed by atoms with Crippen molar-refractivity contribution >= 4 is 6.03 Å². The number of amides is 2. The SMILES string of the molecule is CC(CNC(=O)NCc1ccccc1CO)Oc1ccccc1F. The fraction of sp³-hybridized carbons (Fsp3) is 0.278. The normalized spacial score (nSPS) is 11.6. The molecule has 0 aliphatic carbocycles. The topological polar surface area (TPSA) is 70.6 Å². The fourth-order valence-electron chi connectivity index (χ4n) is 2.16. The smallest absolute Gasteiger partial charge is 0.315 e. The number of carbonyl (C=O) groups excluding carboxylic acids is 1. The summed E-state index contributed by atoms with van der Waals surface area (Å²) in [6.45, 7) is 2.22. The molecule has 5 nitrogen and oxygen atoms in total. The van der Waals surface area contributed by atoms with Crippen molar-refractivity contribution in [1.29, 1.82) is 0 Å². The summed E-state index contributed by atoms with van der Waals surface area (Å²) in [5, 5.41) is 14.6. The van der Waals surface area contributed by atoms with Gasteiger partial charge in [-0.1, -0.05) is 36.4 Å². The summed E-state index contributed by atoms with van der Waals surface area (Å²) in [7, 11) is 0. The first-order chi connectivity index (χ1) is 11.6. The Morgan fingerprint density at radius 3 is 2.50 bits per heavy atom. The van der Waals surface area contributed by atoms with E-state index in [2.05, 4.69) is 10.6 Å². The van der Waals surface area contributed by atoms with Gasteiger partial charge in [-0.2, -0.15) is 0 Å². The van der Waals surface area contributed by atoms with Gasteiger partial charge in [0.2, 0.25) is 0 Å². The Labute approximate surface area is 140 Å². The highest BCUT2D eigenvalue weighted by molar-refractivity contribution is 5.73. The third-order valence-corrected chi connectivity index (χ3v) is 3.44. The third-order valence-electron chi connectivity index (χ3n) is 3.44. The molecular formula is C18H21FN2O3. The van der Waals surface area contributed by atoms with Gasteiger partial charge in [0, 0.05) is 6.54 Å². The zero-order chi connectivity index (χ0) is 17.4. The quantitative estimate of drug-likeness (QED) is 0.730. The second-order valence-corrected chi connectivity index (χ2v) is 5.35. The highest BCUT2D eigenvalue weighted by atomic mass is 19.1. The summed E-state index contributed by atoms with van der Waals surface area (Å²) in [6, 6.07) is 13.1. The van der Waals surface area contributed by atoms with Crippen LogP contribution in [-0.4, -0.2) is 23.8 Å². The maximum atomic E-state index is 13.5. The number of nitrogens with one attached hydrogen (secondary N) is 2. The standard InChI is InChI=1S/C18H21FN2O3/c1-13(24-17-9-5-4-8-16(17)19)10-20-18(23)21-11-14-6-2-3-7-15(14)12-22/h2-9,13,22H,10-12H2,1H3,(H2,20,21,23). The summed E-state index contributed by atoms with van der Waals surface area (Å²) < 4.78 is 18.9. The van der Waals surface area contributed by atoms with Crippen molar-refractivity contribution in [3.63, 3.8) is 0 Å². The van der Waals surface area contributed by atoms with E-state index >= 15 is 0 Å². The molecule has 1 atom stereocenters. The predicted molar refractivity (Wildman–Crippen MR) is 89.1 cm³/mol. The number of urea groups is 1. The lowest BCUT2D eigenvalue weighted by Gasteiger charge is -2.16. The minimum atomic E-state index is -0.436. The second-order valence-electron chi connectivity index (χ2n) is 5.35. The molecule has 0 aliphatic rings. The lowest BCUT2D eigenvalue weighted by molar-refractivity contribution is 0.201. The molecule has 0 radical (unpaired) electrons. The first-order valence-electron chi connectivity index (χ1n) is 7.70. The van der Waals surface area contributed by atoms with Crippen molar-refractivity contribution < 1.29 is 19.0 Å². The lowest BCUT2D eigenvalue weighted by atomic mass is 10.1. The molecule has 2 aromatic carbocycles. The molecule has 0 saturated carbocycles. The Kier molecular flexibility index (Phi) is 6.57. The largest absolute Gasteiger partial charge is 0.486 e. The van der Waals surface area contributed by atoms with Crippen molar-refractivity contribution in [2.75, 3.05) is 6.54 Å². The second kappa shape index (κ2) is 8.88. The number of rotatable bonds is 7. The van der Waals surface area contributed by atoms with E-state index in [1.54, 1.807) is 25.1 Å². The van der Waals surface area contributed by atoms with Gasteiger partial charge in [-0.15, -0.1) is 0 Å². The van der Waals surface area contributed by atoms with Crippen molar-refractivity contribution in [1.82, 2.24) is 10.6 Å². The Bertz CT molecular complexity index is 679. The molecule has 24 heavy (non-hydrogen) atoms. The van der Waals surface area contributed by atoms with Gasteiger partial charge in [0.15, 0.2) is 11.6 Å². The van der Waals surface area contributed by atoms with Crippen LogP contribution in [0.15, 0.2) is 48.5 Å². The summed E-state index contributed by atoms with van der Waals surface area (Å²) in [5.41, 5.74) is 1.62. The number of benzene rings is 2. The Hall–Kier alpha value is -2.60. The van der Waals surface area contributed by atoms with Gasteiger partial charge < -0.3 is 20.5 Å². The van der Waals surface area contributed by atoms with Crippen LogP contribution in [0.1, 0.15) is 18.1 Å². The number of para-hydroxylation sites is 1. The van der Waals surface area contributed by atoms with E-state index < -0.39 is 5.82 Å². The van der Waals surface area contributed by atoms with Crippen molar-refractivity contribution in [3.8, 4) is 5.75 Å². The zero-order valence-corrected chi connectivity index (χ0v) is 13.5. The predicted octanol–water partition coefficient (Wildman–Crippen LogP) is 2.58. The number of halogens is 1. The van der Waals surface area contributed by atoms with Crippen LogP contribution in [-0.2, 0) is 13.2 Å². The Balaban J connectivity index is 1.75. The van der Waals surface area contributed by atoms with Crippen LogP contribution < -0.4 is 15.4 Å². The molecule has 0 saturated heterocycles. The number of aliphatic hydroxyl groups excluding tert-OH is 1. The van der Waals surface area contributed by atoms with E-state index in [1.165, 1.54) is 12.1 Å². The van der Waals surface area contributed by atoms with E-state index in [4.69, 9.17) is 4.74 Å². The molecule has 0 fully saturated rings. The number of hydrogen-bond donors (Lipinski definition) is 3. The molecule has 0 heterocycles. The molecule has 0 aromatic heterocycles. The molecule has 0 bridgehead atoms. The monoisotopic (exact) mass is 332 g/mol. The molecule has 128 valence electrons. The summed E-state index contributed by atoms with van der Waals surface area (Å²) in [4.78, 5) is 11.8. The number of carbonyl (C=O) groups is 1. The molecule has 1 unspecified atom stereocenters. The van der Waals surface area contributed by atoms with Crippen LogP contribution in [0.2, 0.25) is 0 Å². The van der Waals surface area contributed by atoms with Crippen LogP contribution in [0.4, 0.5) is 9.18 Å². The summed E-state index contributed by atoms with van der Waals surface area (Å²) in [5.74, 6) is -0.279. The fourth-order valence-corrected chi connectivity index (χ4v) is 2.16. The molecule has 3 N–H and O–H groups in total. The Morgan fingerprint density at radius 1 is 1.12 bits per heavy atom. The lowest BCUT2D eigenvalue weighted by Crippen LogP contribution is -2.40. The molecule has 0 spiro atoms. The third kappa shape index (κ3) is 5.24. The van der Waals surface area contributed by atoms with Gasteiger partial charge in [-0.05, 0) is 30.2 Å². The Morgan fingerprint density at radius 2 is 1.79 bits per heavy atom. The molecule has 0 aliphatic heterocycles. The first kappa shape index (κ1) is 17.7. The molecule has 6 heteroatoms. The summed E-state index contributed by atoms with van der Waals surface area (Å²) >= 11 is 0. The highest BCUT2D eigenvalue weighted by Crippen LogP contribution is 2.16. The van der Waals surface area contributed by atoms with Crippen LogP contribution >= 0.6 is 0 Å². The average Bonchev–Trinajstić information content (AvgIpc) is 2.60. The minimum Gasteiger partial charge on any atom is -0.486 e. The number of hydrogen-bond acceptors (Lipinski definition) is 3. The van der Waals surface area contributed by atoms with E-state index in [0.717, 1.165) is 11.1 Å². The van der Waals surface area contributed by atoms with Crippen molar-refractivity contribution in [2.24, 2.45) is 0 Å². The van der Waals surface area contributed by atoms with Gasteiger partial charge in [0.05, 0.1) is 13.2 Å². The van der Waals surface area contributed by atoms with E-state index in [0.29, 0.717) is 6.54 Å². The maximum absolute atomic E-state index is 13.5. The van der Waals surface area contributed by atoms with Crippen molar-refractivity contribution in [2.45, 2.75) is 26.2 Å². The zero-order valence-electron chi connectivity index (χ0n) is 13.5. The molecule has 2 aromatic rings. The molecule has 2 amide bonds. The van der Waals surface area contributed by atoms with Crippen LogP contribution in [0.5, 0.6) is 5.75 Å². The first-order valence-corrected chi connectivity index (χ1v) is 7.70. The average molecular weight is 332 g/mol. The van der Waals surface area contributed by atoms with Gasteiger partial charge >= 0.3 is 6.03 Å². The van der Waals surface area contributed by atoms with E-state index in [9.17, 15) is 14.3 Å². The summed E-state index contributed by atoms with van der Waals surface area (Å²) in [6.07, 6.45) is -0.377. The maximum Gasteiger partial charge on any atom is 0.315 e. The van der Waals surface area contributed by atoms with E-state index in [1.807, 2.05) is 18.2 Å². The van der Waals surface area contributed by atoms with Crippen molar-refractivity contribution in [3.05, 3.63) is 65.5 Å².